The zero-order valence-electron chi connectivity index (χ0n) is 16.0. The average Bonchev–Trinajstić information content (AvgIpc) is 2.76. The van der Waals surface area contributed by atoms with Crippen LogP contribution in [0.5, 0.6) is 17.2 Å². The van der Waals surface area contributed by atoms with E-state index >= 15 is 0 Å². The first-order chi connectivity index (χ1) is 14.7. The van der Waals surface area contributed by atoms with Crippen molar-refractivity contribution in [3.63, 3.8) is 0 Å². The monoisotopic (exact) mass is 467 g/mol. The first-order valence-corrected chi connectivity index (χ1v) is 10.7. The van der Waals surface area contributed by atoms with Gasteiger partial charge in [0.25, 0.3) is 5.91 Å². The number of carbonyl (C=O) groups excluding carboxylic acids is 1. The van der Waals surface area contributed by atoms with Crippen molar-refractivity contribution in [1.29, 1.82) is 0 Å². The Labute approximate surface area is 182 Å². The minimum Gasteiger partial charge on any atom is -0.497 e. The minimum absolute atomic E-state index is 0.0589. The number of methoxy groups -OCH3 is 1. The molecule has 0 spiro atoms. The van der Waals surface area contributed by atoms with E-state index in [1.54, 1.807) is 36.4 Å². The van der Waals surface area contributed by atoms with E-state index in [9.17, 15) is 22.0 Å². The second-order valence-corrected chi connectivity index (χ2v) is 8.56. The molecule has 0 saturated carbocycles. The van der Waals surface area contributed by atoms with E-state index in [1.807, 2.05) is 0 Å². The van der Waals surface area contributed by atoms with Crippen molar-refractivity contribution in [1.82, 2.24) is 0 Å². The van der Waals surface area contributed by atoms with Crippen LogP contribution in [0.2, 0.25) is 5.02 Å². The number of nitrogens with one attached hydrogen (secondary N) is 1. The van der Waals surface area contributed by atoms with Gasteiger partial charge in [-0.15, -0.1) is 0 Å². The summed E-state index contributed by atoms with van der Waals surface area (Å²) < 4.78 is 59.2. The lowest BCUT2D eigenvalue weighted by Gasteiger charge is -2.13. The Bertz CT molecular complexity index is 1180. The minimum atomic E-state index is -4.74. The SMILES string of the molecule is COc1ccc(Oc2ccc(Cl)cc2NC(=O)c2ccc(S(=O)(=O)C(F)F)cc2)cc1. The number of halogens is 3. The van der Waals surface area contributed by atoms with Gasteiger partial charge in [0.1, 0.15) is 11.5 Å². The van der Waals surface area contributed by atoms with Gasteiger partial charge in [-0.1, -0.05) is 11.6 Å². The molecular formula is C21H16ClF2NO5S. The van der Waals surface area contributed by atoms with E-state index in [4.69, 9.17) is 21.1 Å². The normalized spacial score (nSPS) is 11.3. The number of ether oxygens (including phenoxy) is 2. The molecule has 0 fully saturated rings. The van der Waals surface area contributed by atoms with E-state index in [0.29, 0.717) is 22.3 Å². The summed E-state index contributed by atoms with van der Waals surface area (Å²) in [7, 11) is -3.20. The van der Waals surface area contributed by atoms with Crippen molar-refractivity contribution in [2.24, 2.45) is 0 Å². The Kier molecular flexibility index (Phi) is 6.77. The molecule has 162 valence electrons. The van der Waals surface area contributed by atoms with Crippen LogP contribution in [0.4, 0.5) is 14.5 Å². The summed E-state index contributed by atoms with van der Waals surface area (Å²) in [5.41, 5.74) is 0.321. The molecule has 3 rings (SSSR count). The lowest BCUT2D eigenvalue weighted by atomic mass is 10.2. The predicted octanol–water partition coefficient (Wildman–Crippen LogP) is 5.39. The Morgan fingerprint density at radius 2 is 1.58 bits per heavy atom. The summed E-state index contributed by atoms with van der Waals surface area (Å²) >= 11 is 6.03. The van der Waals surface area contributed by atoms with Gasteiger partial charge in [-0.05, 0) is 66.7 Å². The largest absolute Gasteiger partial charge is 0.497 e. The molecule has 0 saturated heterocycles. The third kappa shape index (κ3) is 5.31. The molecule has 0 unspecified atom stereocenters. The topological polar surface area (TPSA) is 81.7 Å². The van der Waals surface area contributed by atoms with E-state index in [0.717, 1.165) is 24.3 Å². The Morgan fingerprint density at radius 1 is 0.968 bits per heavy atom. The molecule has 0 atom stereocenters. The van der Waals surface area contributed by atoms with Crippen molar-refractivity contribution < 1.29 is 31.5 Å². The standard InChI is InChI=1S/C21H16ClF2NO5S/c1-29-15-5-7-16(8-6-15)30-19-11-4-14(22)12-18(19)25-20(26)13-2-9-17(10-3-13)31(27,28)21(23)24/h2-12,21H,1H3,(H,25,26). The van der Waals surface area contributed by atoms with Gasteiger partial charge in [-0.25, -0.2) is 8.42 Å². The van der Waals surface area contributed by atoms with Crippen LogP contribution in [0.3, 0.4) is 0 Å². The molecule has 0 radical (unpaired) electrons. The predicted molar refractivity (Wildman–Crippen MR) is 112 cm³/mol. The van der Waals surface area contributed by atoms with Crippen LogP contribution in [0.15, 0.2) is 71.6 Å². The molecule has 0 aliphatic rings. The molecule has 0 heterocycles. The summed E-state index contributed by atoms with van der Waals surface area (Å²) in [6, 6.07) is 15.6. The molecule has 0 bridgehead atoms. The van der Waals surface area contributed by atoms with Crippen LogP contribution in [0, 0.1) is 0 Å². The highest BCUT2D eigenvalue weighted by molar-refractivity contribution is 7.91. The summed E-state index contributed by atoms with van der Waals surface area (Å²) in [5, 5.41) is 2.96. The van der Waals surface area contributed by atoms with E-state index in [-0.39, 0.29) is 11.3 Å². The van der Waals surface area contributed by atoms with Gasteiger partial charge in [0.05, 0.1) is 17.7 Å². The average molecular weight is 468 g/mol. The van der Waals surface area contributed by atoms with Gasteiger partial charge in [0.15, 0.2) is 5.75 Å². The van der Waals surface area contributed by atoms with Crippen LogP contribution < -0.4 is 14.8 Å². The number of sulfone groups is 1. The van der Waals surface area contributed by atoms with Gasteiger partial charge in [0, 0.05) is 10.6 Å². The fourth-order valence-electron chi connectivity index (χ4n) is 2.55. The smallest absolute Gasteiger partial charge is 0.341 e. The van der Waals surface area contributed by atoms with Crippen LogP contribution in [0.1, 0.15) is 10.4 Å². The number of benzene rings is 3. The highest BCUT2D eigenvalue weighted by Crippen LogP contribution is 2.33. The molecule has 3 aromatic rings. The molecule has 31 heavy (non-hydrogen) atoms. The molecule has 0 aliphatic heterocycles. The van der Waals surface area contributed by atoms with Crippen molar-refractivity contribution in [2.75, 3.05) is 12.4 Å². The number of amides is 1. The maximum Gasteiger partial charge on any atom is 0.341 e. The molecular weight excluding hydrogens is 452 g/mol. The Morgan fingerprint density at radius 3 is 2.16 bits per heavy atom. The second kappa shape index (κ2) is 9.32. The van der Waals surface area contributed by atoms with Gasteiger partial charge >= 0.3 is 5.76 Å². The quantitative estimate of drug-likeness (QED) is 0.504. The second-order valence-electron chi connectivity index (χ2n) is 6.20. The molecule has 0 aromatic heterocycles. The van der Waals surface area contributed by atoms with Gasteiger partial charge in [-0.3, -0.25) is 4.79 Å². The molecule has 1 amide bonds. The zero-order chi connectivity index (χ0) is 22.6. The van der Waals surface area contributed by atoms with Crippen LogP contribution in [-0.2, 0) is 9.84 Å². The number of rotatable bonds is 7. The maximum atomic E-state index is 12.6. The Balaban J connectivity index is 1.81. The molecule has 0 aliphatic carbocycles. The molecule has 10 heteroatoms. The van der Waals surface area contributed by atoms with Crippen molar-refractivity contribution >= 4 is 33.0 Å². The molecule has 1 N–H and O–H groups in total. The first-order valence-electron chi connectivity index (χ1n) is 8.75. The van der Waals surface area contributed by atoms with Crippen LogP contribution >= 0.6 is 11.6 Å². The summed E-state index contributed by atoms with van der Waals surface area (Å²) in [6.07, 6.45) is 0. The van der Waals surface area contributed by atoms with Gasteiger partial charge in [0.2, 0.25) is 9.84 Å². The number of carbonyl (C=O) groups is 1. The van der Waals surface area contributed by atoms with E-state index in [1.165, 1.54) is 13.2 Å². The van der Waals surface area contributed by atoms with Crippen LogP contribution in [-0.4, -0.2) is 27.2 Å². The van der Waals surface area contributed by atoms with E-state index in [2.05, 4.69) is 5.32 Å². The maximum absolute atomic E-state index is 12.6. The highest BCUT2D eigenvalue weighted by Gasteiger charge is 2.26. The van der Waals surface area contributed by atoms with Gasteiger partial charge < -0.3 is 14.8 Å². The van der Waals surface area contributed by atoms with Crippen molar-refractivity contribution in [2.45, 2.75) is 10.7 Å². The summed E-state index contributed by atoms with van der Waals surface area (Å²) in [4.78, 5) is 12.0. The highest BCUT2D eigenvalue weighted by atomic mass is 35.5. The number of anilines is 1. The van der Waals surface area contributed by atoms with Crippen molar-refractivity contribution in [3.05, 3.63) is 77.3 Å². The van der Waals surface area contributed by atoms with Gasteiger partial charge in [-0.2, -0.15) is 8.78 Å². The fraction of sp³-hybridized carbons (Fsp3) is 0.0952. The molecule has 6 nitrogen and oxygen atoms in total. The number of alkyl halides is 2. The molecule has 3 aromatic carbocycles. The summed E-state index contributed by atoms with van der Waals surface area (Å²) in [6.45, 7) is 0. The lowest BCUT2D eigenvalue weighted by molar-refractivity contribution is 0.102. The number of hydrogen-bond donors (Lipinski definition) is 1. The Hall–Kier alpha value is -3.17. The third-order valence-corrected chi connectivity index (χ3v) is 5.79. The third-order valence-electron chi connectivity index (χ3n) is 4.16. The zero-order valence-corrected chi connectivity index (χ0v) is 17.6. The fourth-order valence-corrected chi connectivity index (χ4v) is 3.45. The first kappa shape index (κ1) is 22.5. The van der Waals surface area contributed by atoms with Crippen molar-refractivity contribution in [3.8, 4) is 17.2 Å². The number of hydrogen-bond acceptors (Lipinski definition) is 5. The lowest BCUT2D eigenvalue weighted by Crippen LogP contribution is -2.14. The van der Waals surface area contributed by atoms with E-state index < -0.39 is 26.4 Å². The van der Waals surface area contributed by atoms with Crippen LogP contribution in [0.25, 0.3) is 0 Å². The summed E-state index contributed by atoms with van der Waals surface area (Å²) in [5.74, 6) is -2.71.